The van der Waals surface area contributed by atoms with E-state index < -0.39 is 0 Å². The summed E-state index contributed by atoms with van der Waals surface area (Å²) < 4.78 is 18.2. The largest absolute Gasteiger partial charge is 0.494 e. The molecule has 2 rings (SSSR count). The van der Waals surface area contributed by atoms with E-state index in [1.165, 1.54) is 18.1 Å². The van der Waals surface area contributed by atoms with Crippen LogP contribution in [-0.4, -0.2) is 7.11 Å². The van der Waals surface area contributed by atoms with Crippen LogP contribution in [0.3, 0.4) is 0 Å². The Bertz CT molecular complexity index is 499. The first kappa shape index (κ1) is 13.1. The van der Waals surface area contributed by atoms with Crippen LogP contribution in [0.4, 0.5) is 4.39 Å². The molecular formula is C14H16FNOS. The zero-order valence-corrected chi connectivity index (χ0v) is 11.0. The summed E-state index contributed by atoms with van der Waals surface area (Å²) in [7, 11) is 1.46. The molecule has 1 aromatic heterocycles. The second-order valence-corrected chi connectivity index (χ2v) is 5.15. The molecular weight excluding hydrogens is 249 g/mol. The molecule has 0 aliphatic heterocycles. The van der Waals surface area contributed by atoms with Gasteiger partial charge >= 0.3 is 0 Å². The Balaban J connectivity index is 2.02. The van der Waals surface area contributed by atoms with Crippen molar-refractivity contribution >= 4 is 11.3 Å². The number of thiophene rings is 1. The van der Waals surface area contributed by atoms with E-state index in [-0.39, 0.29) is 17.6 Å². The summed E-state index contributed by atoms with van der Waals surface area (Å²) in [5, 5.41) is 2.06. The highest BCUT2D eigenvalue weighted by Crippen LogP contribution is 2.24. The van der Waals surface area contributed by atoms with E-state index in [0.29, 0.717) is 0 Å². The van der Waals surface area contributed by atoms with Crippen LogP contribution in [0.2, 0.25) is 0 Å². The molecule has 0 amide bonds. The summed E-state index contributed by atoms with van der Waals surface area (Å²) in [6.07, 6.45) is 1.79. The van der Waals surface area contributed by atoms with E-state index >= 15 is 0 Å². The number of methoxy groups -OCH3 is 1. The molecule has 0 radical (unpaired) electrons. The molecule has 0 fully saturated rings. The van der Waals surface area contributed by atoms with Crippen molar-refractivity contribution < 1.29 is 9.13 Å². The molecule has 1 heterocycles. The lowest BCUT2D eigenvalue weighted by Crippen LogP contribution is -2.11. The van der Waals surface area contributed by atoms with Crippen molar-refractivity contribution in [3.8, 4) is 5.75 Å². The van der Waals surface area contributed by atoms with Gasteiger partial charge < -0.3 is 10.5 Å². The van der Waals surface area contributed by atoms with Crippen molar-refractivity contribution in [2.24, 2.45) is 5.73 Å². The monoisotopic (exact) mass is 265 g/mol. The van der Waals surface area contributed by atoms with Gasteiger partial charge in [0.05, 0.1) is 7.11 Å². The molecule has 0 aliphatic rings. The van der Waals surface area contributed by atoms with Gasteiger partial charge in [-0.15, -0.1) is 11.3 Å². The lowest BCUT2D eigenvalue weighted by atomic mass is 10.0. The highest BCUT2D eigenvalue weighted by molar-refractivity contribution is 7.09. The molecule has 1 unspecified atom stereocenters. The fourth-order valence-corrected chi connectivity index (χ4v) is 2.55. The molecule has 4 heteroatoms. The number of benzene rings is 1. The molecule has 0 bridgehead atoms. The summed E-state index contributed by atoms with van der Waals surface area (Å²) in [6.45, 7) is 0. The lowest BCUT2D eigenvalue weighted by Gasteiger charge is -2.13. The topological polar surface area (TPSA) is 35.2 Å². The Hall–Kier alpha value is -1.39. The van der Waals surface area contributed by atoms with Crippen LogP contribution in [0, 0.1) is 5.82 Å². The van der Waals surface area contributed by atoms with Gasteiger partial charge in [-0.2, -0.15) is 0 Å². The number of rotatable bonds is 5. The van der Waals surface area contributed by atoms with Gasteiger partial charge in [0.1, 0.15) is 0 Å². The first-order valence-electron chi connectivity index (χ1n) is 5.82. The predicted octanol–water partition coefficient (Wildman–Crippen LogP) is 3.53. The number of halogens is 1. The minimum atomic E-state index is -0.355. The normalized spacial score (nSPS) is 12.4. The third-order valence-electron chi connectivity index (χ3n) is 2.89. The Morgan fingerprint density at radius 3 is 2.89 bits per heavy atom. The van der Waals surface area contributed by atoms with E-state index in [0.717, 1.165) is 18.4 Å². The predicted molar refractivity (Wildman–Crippen MR) is 72.5 cm³/mol. The maximum atomic E-state index is 13.3. The van der Waals surface area contributed by atoms with Crippen molar-refractivity contribution in [2.75, 3.05) is 7.11 Å². The first-order chi connectivity index (χ1) is 8.70. The molecule has 0 aliphatic carbocycles. The SMILES string of the molecule is COc1cc(C(N)CCc2cccs2)ccc1F. The molecule has 1 atom stereocenters. The van der Waals surface area contributed by atoms with Crippen LogP contribution < -0.4 is 10.5 Å². The van der Waals surface area contributed by atoms with Gasteiger partial charge in [-0.3, -0.25) is 0 Å². The van der Waals surface area contributed by atoms with E-state index in [9.17, 15) is 4.39 Å². The van der Waals surface area contributed by atoms with Crippen LogP contribution in [-0.2, 0) is 6.42 Å². The Labute approximate surface area is 110 Å². The molecule has 2 aromatic rings. The van der Waals surface area contributed by atoms with E-state index in [2.05, 4.69) is 11.4 Å². The number of ether oxygens (including phenoxy) is 1. The van der Waals surface area contributed by atoms with Gasteiger partial charge in [-0.1, -0.05) is 12.1 Å². The maximum absolute atomic E-state index is 13.3. The zero-order valence-electron chi connectivity index (χ0n) is 10.2. The smallest absolute Gasteiger partial charge is 0.165 e. The third kappa shape index (κ3) is 3.09. The molecule has 18 heavy (non-hydrogen) atoms. The maximum Gasteiger partial charge on any atom is 0.165 e. The van der Waals surface area contributed by atoms with Crippen LogP contribution in [0.5, 0.6) is 5.75 Å². The summed E-state index contributed by atoms with van der Waals surface area (Å²) >= 11 is 1.73. The van der Waals surface area contributed by atoms with Crippen molar-refractivity contribution in [1.82, 2.24) is 0 Å². The number of hydrogen-bond acceptors (Lipinski definition) is 3. The molecule has 2 nitrogen and oxygen atoms in total. The van der Waals surface area contributed by atoms with Crippen molar-refractivity contribution in [1.29, 1.82) is 0 Å². The Morgan fingerprint density at radius 2 is 2.22 bits per heavy atom. The van der Waals surface area contributed by atoms with Crippen LogP contribution in [0.1, 0.15) is 22.9 Å². The molecule has 96 valence electrons. The molecule has 0 saturated carbocycles. The van der Waals surface area contributed by atoms with E-state index in [4.69, 9.17) is 10.5 Å². The van der Waals surface area contributed by atoms with Crippen molar-refractivity contribution in [3.63, 3.8) is 0 Å². The summed E-state index contributed by atoms with van der Waals surface area (Å²) in [4.78, 5) is 1.32. The highest BCUT2D eigenvalue weighted by Gasteiger charge is 2.10. The molecule has 1 aromatic carbocycles. The average Bonchev–Trinajstić information content (AvgIpc) is 2.89. The quantitative estimate of drug-likeness (QED) is 0.897. The zero-order chi connectivity index (χ0) is 13.0. The van der Waals surface area contributed by atoms with Gasteiger partial charge in [-0.05, 0) is 42.0 Å². The highest BCUT2D eigenvalue weighted by atomic mass is 32.1. The second kappa shape index (κ2) is 5.98. The standard InChI is InChI=1S/C14H16FNOS/c1-17-14-9-10(4-6-12(14)15)13(16)7-5-11-3-2-8-18-11/h2-4,6,8-9,13H,5,7,16H2,1H3. The van der Waals surface area contributed by atoms with Gasteiger partial charge in [0.25, 0.3) is 0 Å². The fourth-order valence-electron chi connectivity index (χ4n) is 1.83. The second-order valence-electron chi connectivity index (χ2n) is 4.12. The van der Waals surface area contributed by atoms with Crippen LogP contribution in [0.15, 0.2) is 35.7 Å². The number of nitrogens with two attached hydrogens (primary N) is 1. The van der Waals surface area contributed by atoms with Crippen LogP contribution >= 0.6 is 11.3 Å². The van der Waals surface area contributed by atoms with Gasteiger partial charge in [0, 0.05) is 10.9 Å². The van der Waals surface area contributed by atoms with E-state index in [1.54, 1.807) is 23.5 Å². The van der Waals surface area contributed by atoms with Gasteiger partial charge in [-0.25, -0.2) is 4.39 Å². The van der Waals surface area contributed by atoms with Crippen molar-refractivity contribution in [2.45, 2.75) is 18.9 Å². The van der Waals surface area contributed by atoms with E-state index in [1.807, 2.05) is 6.07 Å². The van der Waals surface area contributed by atoms with Gasteiger partial charge in [0.2, 0.25) is 0 Å². The minimum Gasteiger partial charge on any atom is -0.494 e. The Kier molecular flexibility index (Phi) is 4.33. The number of hydrogen-bond donors (Lipinski definition) is 1. The Morgan fingerprint density at radius 1 is 1.39 bits per heavy atom. The lowest BCUT2D eigenvalue weighted by molar-refractivity contribution is 0.385. The fraction of sp³-hybridized carbons (Fsp3) is 0.286. The number of aryl methyl sites for hydroxylation is 1. The van der Waals surface area contributed by atoms with Crippen LogP contribution in [0.25, 0.3) is 0 Å². The third-order valence-corrected chi connectivity index (χ3v) is 3.82. The average molecular weight is 265 g/mol. The molecule has 0 saturated heterocycles. The summed E-state index contributed by atoms with van der Waals surface area (Å²) in [5.41, 5.74) is 7.02. The van der Waals surface area contributed by atoms with Gasteiger partial charge in [0.15, 0.2) is 11.6 Å². The molecule has 2 N–H and O–H groups in total. The van der Waals surface area contributed by atoms with Crippen molar-refractivity contribution in [3.05, 3.63) is 52.0 Å². The first-order valence-corrected chi connectivity index (χ1v) is 6.70. The molecule has 0 spiro atoms. The minimum absolute atomic E-state index is 0.0957. The summed E-state index contributed by atoms with van der Waals surface area (Å²) in [6, 6.07) is 8.83. The summed E-state index contributed by atoms with van der Waals surface area (Å²) in [5.74, 6) is -0.106.